The van der Waals surface area contributed by atoms with Gasteiger partial charge in [0.05, 0.1) is 0 Å². The number of benzene rings is 2. The fourth-order valence-corrected chi connectivity index (χ4v) is 3.60. The fourth-order valence-electron chi connectivity index (χ4n) is 3.60. The highest BCUT2D eigenvalue weighted by Crippen LogP contribution is 2.22. The Balaban J connectivity index is 1.48. The molecule has 1 saturated heterocycles. The van der Waals surface area contributed by atoms with E-state index >= 15 is 0 Å². The Morgan fingerprint density at radius 1 is 0.963 bits per heavy atom. The molecular formula is C25H29NO. The molecule has 2 aromatic carbocycles. The summed E-state index contributed by atoms with van der Waals surface area (Å²) < 4.78 is 0. The minimum Gasteiger partial charge on any atom is -0.343 e. The van der Waals surface area contributed by atoms with Gasteiger partial charge >= 0.3 is 0 Å². The molecule has 0 unspecified atom stereocenters. The molecule has 0 N–H and O–H groups in total. The zero-order valence-corrected chi connectivity index (χ0v) is 16.3. The van der Waals surface area contributed by atoms with E-state index in [0.717, 1.165) is 56.3 Å². The number of likely N-dealkylation sites (tertiary alicyclic amines) is 1. The normalized spacial score (nSPS) is 14.5. The van der Waals surface area contributed by atoms with Crippen molar-refractivity contribution in [3.63, 3.8) is 0 Å². The molecule has 0 aromatic heterocycles. The highest BCUT2D eigenvalue weighted by molar-refractivity contribution is 5.76. The van der Waals surface area contributed by atoms with Crippen molar-refractivity contribution in [1.82, 2.24) is 4.90 Å². The summed E-state index contributed by atoms with van der Waals surface area (Å²) in [4.78, 5) is 14.2. The van der Waals surface area contributed by atoms with Crippen molar-refractivity contribution in [2.24, 2.45) is 5.92 Å². The molecule has 0 bridgehead atoms. The number of hydrogen-bond donors (Lipinski definition) is 0. The first-order chi connectivity index (χ1) is 13.2. The Morgan fingerprint density at radius 2 is 1.59 bits per heavy atom. The van der Waals surface area contributed by atoms with E-state index in [1.807, 2.05) is 30.3 Å². The molecule has 0 radical (unpaired) electrons. The zero-order chi connectivity index (χ0) is 18.9. The van der Waals surface area contributed by atoms with Crippen molar-refractivity contribution in [3.8, 4) is 11.8 Å². The van der Waals surface area contributed by atoms with Crippen LogP contribution in [-0.4, -0.2) is 23.9 Å². The van der Waals surface area contributed by atoms with Crippen LogP contribution in [0, 0.1) is 17.8 Å². The zero-order valence-electron chi connectivity index (χ0n) is 16.3. The van der Waals surface area contributed by atoms with Gasteiger partial charge < -0.3 is 4.90 Å². The number of piperidine rings is 1. The van der Waals surface area contributed by atoms with E-state index in [-0.39, 0.29) is 0 Å². The SMILES string of the molecule is CCCCC(=O)N1CCC(Cc2ccc(C#Cc3ccccc3)cc2)CC1. The van der Waals surface area contributed by atoms with E-state index in [2.05, 4.69) is 47.9 Å². The maximum absolute atomic E-state index is 12.1. The van der Waals surface area contributed by atoms with Crippen LogP contribution in [0.3, 0.4) is 0 Å². The molecule has 2 aromatic rings. The lowest BCUT2D eigenvalue weighted by molar-refractivity contribution is -0.132. The minimum atomic E-state index is 0.344. The van der Waals surface area contributed by atoms with E-state index < -0.39 is 0 Å². The van der Waals surface area contributed by atoms with Gasteiger partial charge in [-0.1, -0.05) is 55.5 Å². The van der Waals surface area contributed by atoms with E-state index in [4.69, 9.17) is 0 Å². The maximum atomic E-state index is 12.1. The third-order valence-electron chi connectivity index (χ3n) is 5.31. The van der Waals surface area contributed by atoms with Crippen molar-refractivity contribution in [2.45, 2.75) is 45.4 Å². The number of carbonyl (C=O) groups excluding carboxylic acids is 1. The van der Waals surface area contributed by atoms with Gasteiger partial charge in [-0.25, -0.2) is 0 Å². The molecule has 1 aliphatic rings. The first kappa shape index (κ1) is 19.2. The van der Waals surface area contributed by atoms with Crippen molar-refractivity contribution in [2.75, 3.05) is 13.1 Å². The lowest BCUT2D eigenvalue weighted by Gasteiger charge is -2.32. The summed E-state index contributed by atoms with van der Waals surface area (Å²) >= 11 is 0. The topological polar surface area (TPSA) is 20.3 Å². The summed E-state index contributed by atoms with van der Waals surface area (Å²) in [5.41, 5.74) is 3.47. The van der Waals surface area contributed by atoms with Gasteiger partial charge in [0.1, 0.15) is 0 Å². The average molecular weight is 360 g/mol. The summed E-state index contributed by atoms with van der Waals surface area (Å²) in [5, 5.41) is 0. The maximum Gasteiger partial charge on any atom is 0.222 e. The van der Waals surface area contributed by atoms with Gasteiger partial charge in [-0.3, -0.25) is 4.79 Å². The van der Waals surface area contributed by atoms with Crippen LogP contribution < -0.4 is 0 Å². The Bertz CT molecular complexity index is 775. The molecule has 2 heteroatoms. The van der Waals surface area contributed by atoms with Crippen LogP contribution in [0.2, 0.25) is 0 Å². The quantitative estimate of drug-likeness (QED) is 0.684. The summed E-state index contributed by atoms with van der Waals surface area (Å²) in [7, 11) is 0. The fraction of sp³-hybridized carbons (Fsp3) is 0.400. The van der Waals surface area contributed by atoms with Crippen LogP contribution in [0.15, 0.2) is 54.6 Å². The van der Waals surface area contributed by atoms with E-state index in [1.165, 1.54) is 5.56 Å². The predicted molar refractivity (Wildman–Crippen MR) is 111 cm³/mol. The van der Waals surface area contributed by atoms with Gasteiger partial charge in [0.15, 0.2) is 0 Å². The van der Waals surface area contributed by atoms with Crippen LogP contribution in [-0.2, 0) is 11.2 Å². The van der Waals surface area contributed by atoms with Gasteiger partial charge in [-0.15, -0.1) is 0 Å². The Labute approximate surface area is 163 Å². The molecule has 0 spiro atoms. The first-order valence-electron chi connectivity index (χ1n) is 10.2. The molecule has 2 nitrogen and oxygen atoms in total. The molecule has 0 atom stereocenters. The molecule has 27 heavy (non-hydrogen) atoms. The average Bonchev–Trinajstić information content (AvgIpc) is 2.73. The van der Waals surface area contributed by atoms with Crippen molar-refractivity contribution < 1.29 is 4.79 Å². The second kappa shape index (κ2) is 9.97. The number of amides is 1. The molecule has 1 heterocycles. The second-order valence-corrected chi connectivity index (χ2v) is 7.44. The van der Waals surface area contributed by atoms with Crippen LogP contribution in [0.25, 0.3) is 0 Å². The van der Waals surface area contributed by atoms with Gasteiger partial charge in [0, 0.05) is 30.6 Å². The van der Waals surface area contributed by atoms with Gasteiger partial charge in [0.2, 0.25) is 5.91 Å². The van der Waals surface area contributed by atoms with E-state index in [9.17, 15) is 4.79 Å². The second-order valence-electron chi connectivity index (χ2n) is 7.44. The van der Waals surface area contributed by atoms with Crippen molar-refractivity contribution in [3.05, 3.63) is 71.3 Å². The molecule has 0 aliphatic carbocycles. The van der Waals surface area contributed by atoms with Crippen LogP contribution in [0.5, 0.6) is 0 Å². The number of nitrogens with zero attached hydrogens (tertiary/aromatic N) is 1. The van der Waals surface area contributed by atoms with E-state index in [1.54, 1.807) is 0 Å². The Morgan fingerprint density at radius 3 is 2.22 bits per heavy atom. The Hall–Kier alpha value is -2.53. The molecule has 1 fully saturated rings. The summed E-state index contributed by atoms with van der Waals surface area (Å²) in [6.45, 7) is 3.99. The van der Waals surface area contributed by atoms with Gasteiger partial charge in [-0.2, -0.15) is 0 Å². The summed E-state index contributed by atoms with van der Waals surface area (Å²) in [6, 6.07) is 18.7. The third-order valence-corrected chi connectivity index (χ3v) is 5.31. The molecule has 1 aliphatic heterocycles. The van der Waals surface area contributed by atoms with Gasteiger partial charge in [0.25, 0.3) is 0 Å². The molecular weight excluding hydrogens is 330 g/mol. The van der Waals surface area contributed by atoms with E-state index in [0.29, 0.717) is 18.2 Å². The minimum absolute atomic E-state index is 0.344. The summed E-state index contributed by atoms with van der Waals surface area (Å²) in [5.74, 6) is 7.46. The van der Waals surface area contributed by atoms with Crippen molar-refractivity contribution >= 4 is 5.91 Å². The third kappa shape index (κ3) is 6.00. The highest BCUT2D eigenvalue weighted by Gasteiger charge is 2.22. The van der Waals surface area contributed by atoms with Crippen LogP contribution >= 0.6 is 0 Å². The van der Waals surface area contributed by atoms with Crippen LogP contribution in [0.1, 0.15) is 55.7 Å². The monoisotopic (exact) mass is 359 g/mol. The Kier molecular flexibility index (Phi) is 7.11. The predicted octanol–water partition coefficient (Wildman–Crippen LogP) is 5.06. The molecule has 1 amide bonds. The van der Waals surface area contributed by atoms with Crippen LogP contribution in [0.4, 0.5) is 0 Å². The molecule has 0 saturated carbocycles. The summed E-state index contributed by atoms with van der Waals surface area (Å²) in [6.07, 6.45) is 6.16. The largest absolute Gasteiger partial charge is 0.343 e. The number of unbranched alkanes of at least 4 members (excludes halogenated alkanes) is 1. The van der Waals surface area contributed by atoms with Crippen molar-refractivity contribution in [1.29, 1.82) is 0 Å². The highest BCUT2D eigenvalue weighted by atomic mass is 16.2. The number of carbonyl (C=O) groups is 1. The smallest absolute Gasteiger partial charge is 0.222 e. The molecule has 140 valence electrons. The van der Waals surface area contributed by atoms with Gasteiger partial charge in [-0.05, 0) is 61.4 Å². The number of rotatable bonds is 5. The lowest BCUT2D eigenvalue weighted by Crippen LogP contribution is -2.38. The first-order valence-corrected chi connectivity index (χ1v) is 10.2. The number of hydrogen-bond acceptors (Lipinski definition) is 1. The standard InChI is InChI=1S/C25H29NO/c1-2-3-9-25(27)26-18-16-24(17-19-26)20-23-14-12-22(13-15-23)11-10-21-7-5-4-6-8-21/h4-8,12-15,24H,2-3,9,16-20H2,1H3. The molecule has 3 rings (SSSR count). The lowest BCUT2D eigenvalue weighted by atomic mass is 9.90.